The lowest BCUT2D eigenvalue weighted by molar-refractivity contribution is -0.157. The van der Waals surface area contributed by atoms with E-state index in [1.54, 1.807) is 65.8 Å². The second-order valence-electron chi connectivity index (χ2n) is 12.3. The molecule has 0 radical (unpaired) electrons. The molecule has 46 heavy (non-hydrogen) atoms. The standard InChI is InChI=1S/C30H41N9O7/c1-29(2,3)45-26(43)20(11-12-21(40)32-13-14-33-28(44)46-30(4,5)6)37-24(41)17-7-9-18(10-8-17)34-15-19-16-35-23-22(36-19)25(42)39-27(31)38-23/h7-10,16,20,34H,11-15H2,1-6H3,(H,32,40)(H,33,44)(H,37,41)(H3,31,35,38,39,42)/t20-/m0/s1. The van der Waals surface area contributed by atoms with Gasteiger partial charge in [-0.1, -0.05) is 0 Å². The Kier molecular flexibility index (Phi) is 11.6. The van der Waals surface area contributed by atoms with E-state index >= 15 is 0 Å². The smallest absolute Gasteiger partial charge is 0.407 e. The SMILES string of the molecule is CC(C)(C)OC(=O)NCCNC(=O)CC[C@H](NC(=O)c1ccc(NCc2cnc3nc(N)[nH]c(=O)c3n2)cc1)C(=O)OC(C)(C)C. The van der Waals surface area contributed by atoms with Crippen LogP contribution in [0.3, 0.4) is 0 Å². The molecule has 7 N–H and O–H groups in total. The molecule has 0 unspecified atom stereocenters. The van der Waals surface area contributed by atoms with Gasteiger partial charge in [0.2, 0.25) is 11.9 Å². The van der Waals surface area contributed by atoms with Crippen molar-refractivity contribution in [1.29, 1.82) is 0 Å². The minimum absolute atomic E-state index is 0.0106. The van der Waals surface area contributed by atoms with E-state index in [0.29, 0.717) is 11.4 Å². The van der Waals surface area contributed by atoms with Crippen molar-refractivity contribution < 1.29 is 28.7 Å². The fourth-order valence-electron chi connectivity index (χ4n) is 3.90. The van der Waals surface area contributed by atoms with E-state index in [9.17, 15) is 24.0 Å². The number of nitrogens with two attached hydrogens (primary N) is 1. The number of carbonyl (C=O) groups excluding carboxylic acids is 4. The molecule has 1 aromatic carbocycles. The molecule has 3 amide bonds. The molecule has 3 aromatic rings. The van der Waals surface area contributed by atoms with Gasteiger partial charge in [0, 0.05) is 30.8 Å². The summed E-state index contributed by atoms with van der Waals surface area (Å²) < 4.78 is 10.6. The van der Waals surface area contributed by atoms with Crippen molar-refractivity contribution in [2.45, 2.75) is 78.2 Å². The molecular formula is C30H41N9O7. The lowest BCUT2D eigenvalue weighted by Crippen LogP contribution is -2.45. The van der Waals surface area contributed by atoms with Crippen LogP contribution in [0.4, 0.5) is 16.4 Å². The highest BCUT2D eigenvalue weighted by atomic mass is 16.6. The number of amides is 3. The normalized spacial score (nSPS) is 12.1. The van der Waals surface area contributed by atoms with Crippen LogP contribution in [0.5, 0.6) is 0 Å². The van der Waals surface area contributed by atoms with E-state index in [1.165, 1.54) is 6.20 Å². The van der Waals surface area contributed by atoms with Gasteiger partial charge < -0.3 is 36.5 Å². The topological polar surface area (TPSA) is 232 Å². The van der Waals surface area contributed by atoms with Crippen molar-refractivity contribution in [2.75, 3.05) is 24.1 Å². The predicted octanol–water partition coefficient (Wildman–Crippen LogP) is 1.77. The average molecular weight is 640 g/mol. The zero-order chi connectivity index (χ0) is 34.1. The first kappa shape index (κ1) is 35.2. The molecule has 16 nitrogen and oxygen atoms in total. The number of nitrogens with one attached hydrogen (secondary N) is 5. The summed E-state index contributed by atoms with van der Waals surface area (Å²) in [6, 6.07) is 5.38. The highest BCUT2D eigenvalue weighted by molar-refractivity contribution is 5.97. The van der Waals surface area contributed by atoms with E-state index in [4.69, 9.17) is 15.2 Å². The molecule has 2 aromatic heterocycles. The third-order valence-electron chi connectivity index (χ3n) is 5.88. The molecule has 0 aliphatic heterocycles. The number of aromatic nitrogens is 4. The second-order valence-corrected chi connectivity index (χ2v) is 12.3. The third kappa shape index (κ3) is 11.7. The van der Waals surface area contributed by atoms with Gasteiger partial charge in [0.15, 0.2) is 11.2 Å². The minimum Gasteiger partial charge on any atom is -0.458 e. The first-order valence-corrected chi connectivity index (χ1v) is 14.6. The molecule has 1 atom stereocenters. The van der Waals surface area contributed by atoms with E-state index in [-0.39, 0.29) is 61.1 Å². The van der Waals surface area contributed by atoms with E-state index < -0.39 is 40.8 Å². The number of hydrogen-bond acceptors (Lipinski definition) is 12. The average Bonchev–Trinajstić information content (AvgIpc) is 2.94. The van der Waals surface area contributed by atoms with Crippen molar-refractivity contribution in [3.8, 4) is 0 Å². The number of ether oxygens (including phenoxy) is 2. The van der Waals surface area contributed by atoms with E-state index in [0.717, 1.165) is 0 Å². The Labute approximate surface area is 265 Å². The number of hydrogen-bond donors (Lipinski definition) is 6. The summed E-state index contributed by atoms with van der Waals surface area (Å²) in [6.45, 7) is 10.9. The number of aromatic amines is 1. The number of esters is 1. The molecule has 0 aliphatic rings. The van der Waals surface area contributed by atoms with Gasteiger partial charge in [-0.2, -0.15) is 4.98 Å². The number of nitrogen functional groups attached to an aromatic ring is 1. The Morgan fingerprint density at radius 2 is 1.59 bits per heavy atom. The molecule has 2 heterocycles. The van der Waals surface area contributed by atoms with Crippen LogP contribution < -0.4 is 32.6 Å². The summed E-state index contributed by atoms with van der Waals surface area (Å²) in [5.41, 5.74) is 5.21. The Balaban J connectivity index is 1.55. The van der Waals surface area contributed by atoms with E-state index in [2.05, 4.69) is 41.2 Å². The molecule has 3 rings (SSSR count). The van der Waals surface area contributed by atoms with Crippen LogP contribution in [0.1, 0.15) is 70.4 Å². The monoisotopic (exact) mass is 639 g/mol. The van der Waals surface area contributed by atoms with Crippen molar-refractivity contribution in [1.82, 2.24) is 35.9 Å². The van der Waals surface area contributed by atoms with Crippen molar-refractivity contribution >= 4 is 46.7 Å². The van der Waals surface area contributed by atoms with Crippen LogP contribution in [0.15, 0.2) is 35.3 Å². The van der Waals surface area contributed by atoms with Gasteiger partial charge in [-0.15, -0.1) is 0 Å². The summed E-state index contributed by atoms with van der Waals surface area (Å²) in [4.78, 5) is 76.9. The number of rotatable bonds is 12. The van der Waals surface area contributed by atoms with Crippen LogP contribution in [0.2, 0.25) is 0 Å². The number of benzene rings is 1. The highest BCUT2D eigenvalue weighted by Gasteiger charge is 2.27. The molecule has 248 valence electrons. The Morgan fingerprint density at radius 3 is 2.24 bits per heavy atom. The van der Waals surface area contributed by atoms with Gasteiger partial charge in [0.1, 0.15) is 17.2 Å². The number of fused-ring (bicyclic) bond motifs is 1. The van der Waals surface area contributed by atoms with Gasteiger partial charge in [0.25, 0.3) is 11.5 Å². The van der Waals surface area contributed by atoms with Crippen molar-refractivity contribution in [3.63, 3.8) is 0 Å². The number of anilines is 2. The number of carbonyl (C=O) groups is 4. The number of nitrogens with zero attached hydrogens (tertiary/aromatic N) is 3. The van der Waals surface area contributed by atoms with Crippen LogP contribution >= 0.6 is 0 Å². The maximum atomic E-state index is 13.1. The molecule has 0 spiro atoms. The highest BCUT2D eigenvalue weighted by Crippen LogP contribution is 2.14. The van der Waals surface area contributed by atoms with Gasteiger partial charge >= 0.3 is 12.1 Å². The first-order valence-electron chi connectivity index (χ1n) is 14.6. The third-order valence-corrected chi connectivity index (χ3v) is 5.88. The molecule has 16 heteroatoms. The first-order chi connectivity index (χ1) is 21.5. The summed E-state index contributed by atoms with van der Waals surface area (Å²) in [6.07, 6.45) is 0.788. The number of H-pyrrole nitrogens is 1. The van der Waals surface area contributed by atoms with Crippen LogP contribution in [-0.4, -0.2) is 74.1 Å². The zero-order valence-corrected chi connectivity index (χ0v) is 26.8. The quantitative estimate of drug-likeness (QED) is 0.123. The van der Waals surface area contributed by atoms with Gasteiger partial charge in [-0.25, -0.2) is 19.6 Å². The Bertz CT molecular complexity index is 1610. The lowest BCUT2D eigenvalue weighted by Gasteiger charge is -2.24. The predicted molar refractivity (Wildman–Crippen MR) is 170 cm³/mol. The van der Waals surface area contributed by atoms with Crippen LogP contribution in [-0.2, 0) is 25.6 Å². The fraction of sp³-hybridized carbons (Fsp3) is 0.467. The lowest BCUT2D eigenvalue weighted by atomic mass is 10.1. The Morgan fingerprint density at radius 1 is 0.935 bits per heavy atom. The van der Waals surface area contributed by atoms with Gasteiger partial charge in [-0.3, -0.25) is 19.4 Å². The fourth-order valence-corrected chi connectivity index (χ4v) is 3.90. The molecule has 0 saturated heterocycles. The molecule has 0 bridgehead atoms. The zero-order valence-electron chi connectivity index (χ0n) is 26.8. The number of alkyl carbamates (subject to hydrolysis) is 1. The molecule has 0 fully saturated rings. The van der Waals surface area contributed by atoms with Crippen LogP contribution in [0, 0.1) is 0 Å². The summed E-state index contributed by atoms with van der Waals surface area (Å²) in [5, 5.41) is 11.0. The van der Waals surface area contributed by atoms with Crippen LogP contribution in [0.25, 0.3) is 11.2 Å². The second kappa shape index (κ2) is 15.1. The molecule has 0 aliphatic carbocycles. The minimum atomic E-state index is -1.09. The Hall–Kier alpha value is -5.28. The molecule has 0 saturated carbocycles. The summed E-state index contributed by atoms with van der Waals surface area (Å²) >= 11 is 0. The summed E-state index contributed by atoms with van der Waals surface area (Å²) in [7, 11) is 0. The summed E-state index contributed by atoms with van der Waals surface area (Å²) in [5.74, 6) is -1.63. The van der Waals surface area contributed by atoms with Crippen molar-refractivity contribution in [2.24, 2.45) is 0 Å². The van der Waals surface area contributed by atoms with Gasteiger partial charge in [-0.05, 0) is 72.2 Å². The van der Waals surface area contributed by atoms with E-state index in [1.807, 2.05) is 0 Å². The van der Waals surface area contributed by atoms with Crippen molar-refractivity contribution in [3.05, 3.63) is 52.1 Å². The largest absolute Gasteiger partial charge is 0.458 e. The maximum Gasteiger partial charge on any atom is 0.407 e. The van der Waals surface area contributed by atoms with Gasteiger partial charge in [0.05, 0.1) is 18.4 Å². The molecular weight excluding hydrogens is 598 g/mol. The maximum absolute atomic E-state index is 13.1.